The summed E-state index contributed by atoms with van der Waals surface area (Å²) < 4.78 is 17.6. The van der Waals surface area contributed by atoms with Gasteiger partial charge in [-0.2, -0.15) is 5.26 Å². The van der Waals surface area contributed by atoms with E-state index in [1.54, 1.807) is 18.2 Å². The lowest BCUT2D eigenvalue weighted by atomic mass is 9.81. The Hall–Kier alpha value is -3.20. The van der Waals surface area contributed by atoms with Crippen LogP contribution in [0.15, 0.2) is 41.4 Å². The molecule has 1 atom stereocenters. The number of hydrogen-bond donors (Lipinski definition) is 1. The monoisotopic (exact) mass is 363 g/mol. The highest BCUT2D eigenvalue weighted by molar-refractivity contribution is 5.77. The lowest BCUT2D eigenvalue weighted by Crippen LogP contribution is -2.31. The molecule has 2 aliphatic heterocycles. The fraction of sp³-hybridized carbons (Fsp3) is 0.333. The van der Waals surface area contributed by atoms with Gasteiger partial charge in [0.15, 0.2) is 5.54 Å². The molecule has 0 aromatic heterocycles. The number of hydrogen-bond acceptors (Lipinski definition) is 6. The zero-order valence-electron chi connectivity index (χ0n) is 15.6. The minimum Gasteiger partial charge on any atom is -0.493 e. The number of benzene rings is 2. The van der Waals surface area contributed by atoms with Gasteiger partial charge in [0.1, 0.15) is 23.9 Å². The number of aliphatic imine (C=N–C) groups is 1. The quantitative estimate of drug-likeness (QED) is 0.879. The first kappa shape index (κ1) is 17.2. The van der Waals surface area contributed by atoms with Gasteiger partial charge in [0.2, 0.25) is 0 Å². The molecule has 0 aliphatic carbocycles. The van der Waals surface area contributed by atoms with E-state index in [9.17, 15) is 5.26 Å². The third-order valence-corrected chi connectivity index (χ3v) is 4.57. The highest BCUT2D eigenvalue weighted by atomic mass is 16.5. The smallest absolute Gasteiger partial charge is 0.283 e. The number of nitriles is 1. The molecule has 2 heterocycles. The summed E-state index contributed by atoms with van der Waals surface area (Å²) in [6.45, 7) is 7.18. The Morgan fingerprint density at radius 2 is 1.89 bits per heavy atom. The average Bonchev–Trinajstić information content (AvgIpc) is 3.02. The summed E-state index contributed by atoms with van der Waals surface area (Å²) in [7, 11) is 0. The van der Waals surface area contributed by atoms with Gasteiger partial charge >= 0.3 is 0 Å². The van der Waals surface area contributed by atoms with Crippen LogP contribution in [-0.4, -0.2) is 19.2 Å². The van der Waals surface area contributed by atoms with Crippen LogP contribution in [0.25, 0.3) is 0 Å². The maximum atomic E-state index is 9.31. The van der Waals surface area contributed by atoms with Gasteiger partial charge in [-0.1, -0.05) is 20.8 Å². The Morgan fingerprint density at radius 1 is 1.19 bits per heavy atom. The summed E-state index contributed by atoms with van der Waals surface area (Å²) in [5.74, 6) is 2.05. The summed E-state index contributed by atoms with van der Waals surface area (Å²) in [6, 6.07) is 13.3. The second kappa shape index (κ2) is 5.92. The maximum absolute atomic E-state index is 9.31. The Morgan fingerprint density at radius 3 is 2.52 bits per heavy atom. The van der Waals surface area contributed by atoms with Crippen LogP contribution < -0.4 is 15.2 Å². The molecule has 138 valence electrons. The molecule has 0 saturated heterocycles. The van der Waals surface area contributed by atoms with E-state index in [1.807, 2.05) is 18.2 Å². The molecule has 27 heavy (non-hydrogen) atoms. The molecular formula is C21H21N3O3. The molecule has 0 bridgehead atoms. The predicted molar refractivity (Wildman–Crippen MR) is 101 cm³/mol. The van der Waals surface area contributed by atoms with E-state index in [1.165, 1.54) is 0 Å². The summed E-state index contributed by atoms with van der Waals surface area (Å²) >= 11 is 0. The Bertz CT molecular complexity index is 985. The molecule has 1 unspecified atom stereocenters. The molecule has 4 rings (SSSR count). The van der Waals surface area contributed by atoms with Crippen molar-refractivity contribution in [2.75, 3.05) is 13.2 Å². The molecule has 2 aromatic rings. The minimum absolute atomic E-state index is 0.0391. The molecule has 2 aliphatic rings. The number of fused-ring (bicyclic) bond motifs is 4. The number of rotatable bonds is 2. The van der Waals surface area contributed by atoms with Gasteiger partial charge in [-0.05, 0) is 41.8 Å². The van der Waals surface area contributed by atoms with Crippen LogP contribution in [0.4, 0.5) is 0 Å². The normalized spacial score (nSPS) is 20.0. The molecule has 2 aromatic carbocycles. The van der Waals surface area contributed by atoms with E-state index in [4.69, 9.17) is 19.9 Å². The van der Waals surface area contributed by atoms with Crippen LogP contribution in [0.1, 0.15) is 37.5 Å². The molecule has 6 heteroatoms. The van der Waals surface area contributed by atoms with E-state index in [0.717, 1.165) is 16.9 Å². The fourth-order valence-corrected chi connectivity index (χ4v) is 3.29. The standard InChI is InChI=1S/C21H21N3O3/c1-20(2,3)11-25-14-5-7-18-16(9-14)21(12-26-19(23)24-21)15-8-13(10-22)4-6-17(15)27-18/h4-9H,11-12H2,1-3H3,(H2,23,24). The lowest BCUT2D eigenvalue weighted by molar-refractivity contribution is 0.197. The third kappa shape index (κ3) is 2.95. The summed E-state index contributed by atoms with van der Waals surface area (Å²) in [5.41, 5.74) is 7.17. The third-order valence-electron chi connectivity index (χ3n) is 4.57. The fourth-order valence-electron chi connectivity index (χ4n) is 3.29. The van der Waals surface area contributed by atoms with Crippen LogP contribution >= 0.6 is 0 Å². The zero-order valence-corrected chi connectivity index (χ0v) is 15.6. The van der Waals surface area contributed by atoms with Gasteiger partial charge in [-0.3, -0.25) is 0 Å². The summed E-state index contributed by atoms with van der Waals surface area (Å²) in [4.78, 5) is 4.61. The van der Waals surface area contributed by atoms with Gasteiger partial charge in [-0.25, -0.2) is 4.99 Å². The first-order chi connectivity index (χ1) is 12.8. The van der Waals surface area contributed by atoms with Gasteiger partial charge in [0.25, 0.3) is 6.02 Å². The van der Waals surface area contributed by atoms with Crippen LogP contribution in [-0.2, 0) is 10.3 Å². The summed E-state index contributed by atoms with van der Waals surface area (Å²) in [6.07, 6.45) is 0. The van der Waals surface area contributed by atoms with Crippen molar-refractivity contribution in [3.8, 4) is 23.3 Å². The first-order valence-corrected chi connectivity index (χ1v) is 8.79. The van der Waals surface area contributed by atoms with Crippen molar-refractivity contribution in [2.24, 2.45) is 16.1 Å². The van der Waals surface area contributed by atoms with E-state index in [0.29, 0.717) is 23.7 Å². The highest BCUT2D eigenvalue weighted by Crippen LogP contribution is 2.51. The van der Waals surface area contributed by atoms with E-state index < -0.39 is 5.54 Å². The lowest BCUT2D eigenvalue weighted by Gasteiger charge is -2.33. The highest BCUT2D eigenvalue weighted by Gasteiger charge is 2.47. The average molecular weight is 363 g/mol. The molecule has 0 fully saturated rings. The van der Waals surface area contributed by atoms with Gasteiger partial charge in [-0.15, -0.1) is 0 Å². The van der Waals surface area contributed by atoms with Crippen molar-refractivity contribution >= 4 is 6.02 Å². The molecular weight excluding hydrogens is 342 g/mol. The van der Waals surface area contributed by atoms with Crippen molar-refractivity contribution in [1.82, 2.24) is 0 Å². The largest absolute Gasteiger partial charge is 0.493 e. The minimum atomic E-state index is -0.846. The van der Waals surface area contributed by atoms with Crippen molar-refractivity contribution in [3.05, 3.63) is 53.1 Å². The van der Waals surface area contributed by atoms with E-state index in [2.05, 4.69) is 31.8 Å². The van der Waals surface area contributed by atoms with Crippen molar-refractivity contribution < 1.29 is 14.2 Å². The Balaban J connectivity index is 1.84. The maximum Gasteiger partial charge on any atom is 0.283 e. The number of nitrogens with two attached hydrogens (primary N) is 1. The predicted octanol–water partition coefficient (Wildman–Crippen LogP) is 3.68. The molecule has 6 nitrogen and oxygen atoms in total. The van der Waals surface area contributed by atoms with Crippen LogP contribution in [0.2, 0.25) is 0 Å². The van der Waals surface area contributed by atoms with Crippen LogP contribution in [0, 0.1) is 16.7 Å². The summed E-state index contributed by atoms with van der Waals surface area (Å²) in [5, 5.41) is 9.31. The zero-order chi connectivity index (χ0) is 19.2. The van der Waals surface area contributed by atoms with Gasteiger partial charge in [0.05, 0.1) is 18.2 Å². The topological polar surface area (TPSA) is 89.9 Å². The first-order valence-electron chi connectivity index (χ1n) is 8.79. The van der Waals surface area contributed by atoms with Gasteiger partial charge in [0, 0.05) is 11.1 Å². The van der Waals surface area contributed by atoms with E-state index >= 15 is 0 Å². The molecule has 0 radical (unpaired) electrons. The molecule has 1 spiro atoms. The molecule has 0 amide bonds. The second-order valence-electron chi connectivity index (χ2n) is 8.03. The van der Waals surface area contributed by atoms with Gasteiger partial charge < -0.3 is 19.9 Å². The number of nitrogens with zero attached hydrogens (tertiary/aromatic N) is 2. The van der Waals surface area contributed by atoms with E-state index in [-0.39, 0.29) is 18.0 Å². The SMILES string of the molecule is CC(C)(C)COc1ccc2c(c1)C1(COC(N)=N1)c1cc(C#N)ccc1O2. The van der Waals surface area contributed by atoms with Crippen molar-refractivity contribution in [1.29, 1.82) is 5.26 Å². The Kier molecular flexibility index (Phi) is 3.77. The van der Waals surface area contributed by atoms with Crippen LogP contribution in [0.5, 0.6) is 17.2 Å². The second-order valence-corrected chi connectivity index (χ2v) is 8.03. The number of ether oxygens (including phenoxy) is 3. The number of amidine groups is 1. The molecule has 2 N–H and O–H groups in total. The van der Waals surface area contributed by atoms with Crippen molar-refractivity contribution in [3.63, 3.8) is 0 Å². The van der Waals surface area contributed by atoms with Crippen LogP contribution in [0.3, 0.4) is 0 Å². The van der Waals surface area contributed by atoms with Crippen molar-refractivity contribution in [2.45, 2.75) is 26.3 Å². The molecule has 0 saturated carbocycles. The Labute approximate surface area is 158 Å².